The van der Waals surface area contributed by atoms with Gasteiger partial charge in [-0.15, -0.1) is 0 Å². The first-order chi connectivity index (χ1) is 12.3. The number of nitrogens with zero attached hydrogens (tertiary/aromatic N) is 1. The molecule has 0 saturated heterocycles. The maximum atomic E-state index is 8.78. The minimum Gasteiger partial charge on any atom is -0.353 e. The van der Waals surface area contributed by atoms with Crippen molar-refractivity contribution >= 4 is 0 Å². The zero-order valence-corrected chi connectivity index (χ0v) is 17.1. The molecule has 148 valence electrons. The predicted molar refractivity (Wildman–Crippen MR) is 107 cm³/mol. The number of hydrogen-bond donors (Lipinski definition) is 0. The first-order valence-corrected chi connectivity index (χ1v) is 10.9. The van der Waals surface area contributed by atoms with Crippen molar-refractivity contribution in [1.82, 2.24) is 0 Å². The van der Waals surface area contributed by atoms with Gasteiger partial charge in [0.1, 0.15) is 0 Å². The summed E-state index contributed by atoms with van der Waals surface area (Å²) in [5.74, 6) is 0. The van der Waals surface area contributed by atoms with Crippen LogP contribution in [0, 0.1) is 11.3 Å². The second kappa shape index (κ2) is 21.5. The summed E-state index contributed by atoms with van der Waals surface area (Å²) in [4.78, 5) is 0. The number of rotatable bonds is 20. The Bertz CT molecular complexity index is 268. The van der Waals surface area contributed by atoms with Crippen molar-refractivity contribution in [3.05, 3.63) is 0 Å². The molecular weight excluding hydrogens is 310 g/mol. The Balaban J connectivity index is 3.56. The highest BCUT2D eigenvalue weighted by Crippen LogP contribution is 2.11. The second-order valence-electron chi connectivity index (χ2n) is 7.11. The molecule has 0 aromatic carbocycles. The van der Waals surface area contributed by atoms with Crippen LogP contribution in [0.1, 0.15) is 117 Å². The smallest absolute Gasteiger partial charge is 0.158 e. The van der Waals surface area contributed by atoms with Crippen LogP contribution < -0.4 is 0 Å². The van der Waals surface area contributed by atoms with Gasteiger partial charge in [0.05, 0.1) is 6.07 Å². The van der Waals surface area contributed by atoms with E-state index in [9.17, 15) is 0 Å². The van der Waals surface area contributed by atoms with Gasteiger partial charge in [-0.3, -0.25) is 0 Å². The molecule has 0 radical (unpaired) electrons. The van der Waals surface area contributed by atoms with Crippen LogP contribution in [0.5, 0.6) is 0 Å². The molecule has 0 aromatic heterocycles. The SMILES string of the molecule is CCCCCCCCCOC(CCC#N)OCCCCCCCCC. The minimum atomic E-state index is -0.181. The lowest BCUT2D eigenvalue weighted by atomic mass is 10.1. The maximum Gasteiger partial charge on any atom is 0.158 e. The molecule has 3 nitrogen and oxygen atoms in total. The molecule has 0 aliphatic rings. The highest BCUT2D eigenvalue weighted by atomic mass is 16.7. The summed E-state index contributed by atoms with van der Waals surface area (Å²) in [5, 5.41) is 8.78. The quantitative estimate of drug-likeness (QED) is 0.172. The van der Waals surface area contributed by atoms with E-state index in [1.165, 1.54) is 77.0 Å². The van der Waals surface area contributed by atoms with Gasteiger partial charge < -0.3 is 9.47 Å². The summed E-state index contributed by atoms with van der Waals surface area (Å²) in [6.45, 7) is 6.03. The normalized spacial score (nSPS) is 11.1. The molecule has 0 amide bonds. The molecule has 0 saturated carbocycles. The van der Waals surface area contributed by atoms with E-state index in [-0.39, 0.29) is 6.29 Å². The summed E-state index contributed by atoms with van der Waals surface area (Å²) >= 11 is 0. The van der Waals surface area contributed by atoms with Crippen LogP contribution in [0.25, 0.3) is 0 Å². The van der Waals surface area contributed by atoms with E-state index >= 15 is 0 Å². The maximum absolute atomic E-state index is 8.78. The van der Waals surface area contributed by atoms with E-state index < -0.39 is 0 Å². The predicted octanol–water partition coefficient (Wildman–Crippen LogP) is 7.15. The number of unbranched alkanes of at least 4 members (excludes halogenated alkanes) is 12. The Morgan fingerprint density at radius 3 is 1.44 bits per heavy atom. The van der Waals surface area contributed by atoms with E-state index in [1.807, 2.05) is 0 Å². The summed E-state index contributed by atoms with van der Waals surface area (Å²) in [7, 11) is 0. The summed E-state index contributed by atoms with van der Waals surface area (Å²) in [6, 6.07) is 2.20. The van der Waals surface area contributed by atoms with Gasteiger partial charge in [-0.2, -0.15) is 5.26 Å². The standard InChI is InChI=1S/C22H43NO2/c1-3-5-7-9-11-13-15-20-24-22(18-17-19-23)25-21-16-14-12-10-8-6-4-2/h22H,3-18,20-21H2,1-2H3. The van der Waals surface area contributed by atoms with Gasteiger partial charge in [-0.25, -0.2) is 0 Å². The molecule has 25 heavy (non-hydrogen) atoms. The van der Waals surface area contributed by atoms with E-state index in [2.05, 4.69) is 19.9 Å². The lowest BCUT2D eigenvalue weighted by Gasteiger charge is -2.17. The van der Waals surface area contributed by atoms with Gasteiger partial charge in [0.2, 0.25) is 0 Å². The molecule has 0 bridgehead atoms. The fourth-order valence-corrected chi connectivity index (χ4v) is 2.95. The third-order valence-corrected chi connectivity index (χ3v) is 4.60. The van der Waals surface area contributed by atoms with E-state index in [1.54, 1.807) is 0 Å². The summed E-state index contributed by atoms with van der Waals surface area (Å²) < 4.78 is 11.7. The number of hydrogen-bond acceptors (Lipinski definition) is 3. The molecule has 0 aliphatic heterocycles. The average molecular weight is 354 g/mol. The topological polar surface area (TPSA) is 42.2 Å². The van der Waals surface area contributed by atoms with Crippen LogP contribution in [-0.4, -0.2) is 19.5 Å². The van der Waals surface area contributed by atoms with Crippen molar-refractivity contribution in [2.45, 2.75) is 123 Å². The van der Waals surface area contributed by atoms with Crippen molar-refractivity contribution in [3.63, 3.8) is 0 Å². The Hall–Kier alpha value is -0.590. The van der Waals surface area contributed by atoms with E-state index in [0.29, 0.717) is 12.8 Å². The lowest BCUT2D eigenvalue weighted by Crippen LogP contribution is -2.18. The monoisotopic (exact) mass is 353 g/mol. The molecule has 0 unspecified atom stereocenters. The van der Waals surface area contributed by atoms with Gasteiger partial charge in [0, 0.05) is 26.1 Å². The first kappa shape index (κ1) is 24.4. The highest BCUT2D eigenvalue weighted by molar-refractivity contribution is 4.69. The van der Waals surface area contributed by atoms with Crippen LogP contribution in [0.2, 0.25) is 0 Å². The average Bonchev–Trinajstić information content (AvgIpc) is 2.63. The molecule has 0 heterocycles. The Morgan fingerprint density at radius 1 is 0.640 bits per heavy atom. The summed E-state index contributed by atoms with van der Waals surface area (Å²) in [5.41, 5.74) is 0. The molecule has 0 atom stereocenters. The number of ether oxygens (including phenoxy) is 2. The second-order valence-corrected chi connectivity index (χ2v) is 7.11. The van der Waals surface area contributed by atoms with Crippen molar-refractivity contribution in [2.75, 3.05) is 13.2 Å². The summed E-state index contributed by atoms with van der Waals surface area (Å²) in [6.07, 6.45) is 19.1. The van der Waals surface area contributed by atoms with Crippen LogP contribution in [0.3, 0.4) is 0 Å². The molecule has 0 spiro atoms. The molecule has 0 rings (SSSR count). The molecular formula is C22H43NO2. The van der Waals surface area contributed by atoms with Crippen molar-refractivity contribution in [1.29, 1.82) is 5.26 Å². The molecule has 0 aliphatic carbocycles. The van der Waals surface area contributed by atoms with E-state index in [4.69, 9.17) is 14.7 Å². The van der Waals surface area contributed by atoms with Crippen LogP contribution in [0.4, 0.5) is 0 Å². The molecule has 0 N–H and O–H groups in total. The molecule has 0 fully saturated rings. The molecule has 0 aromatic rings. The van der Waals surface area contributed by atoms with Gasteiger partial charge in [0.25, 0.3) is 0 Å². The lowest BCUT2D eigenvalue weighted by molar-refractivity contribution is -0.146. The van der Waals surface area contributed by atoms with Crippen LogP contribution >= 0.6 is 0 Å². The minimum absolute atomic E-state index is 0.181. The zero-order valence-electron chi connectivity index (χ0n) is 17.1. The Kier molecular flexibility index (Phi) is 20.9. The largest absolute Gasteiger partial charge is 0.353 e. The third-order valence-electron chi connectivity index (χ3n) is 4.60. The first-order valence-electron chi connectivity index (χ1n) is 10.9. The van der Waals surface area contributed by atoms with E-state index in [0.717, 1.165) is 26.1 Å². The van der Waals surface area contributed by atoms with Crippen LogP contribution in [-0.2, 0) is 9.47 Å². The van der Waals surface area contributed by atoms with Gasteiger partial charge in [-0.05, 0) is 12.8 Å². The van der Waals surface area contributed by atoms with Crippen molar-refractivity contribution < 1.29 is 9.47 Å². The highest BCUT2D eigenvalue weighted by Gasteiger charge is 2.09. The van der Waals surface area contributed by atoms with Crippen molar-refractivity contribution in [2.24, 2.45) is 0 Å². The van der Waals surface area contributed by atoms with Crippen molar-refractivity contribution in [3.8, 4) is 6.07 Å². The van der Waals surface area contributed by atoms with Gasteiger partial charge >= 0.3 is 0 Å². The Labute approximate surface area is 157 Å². The third kappa shape index (κ3) is 19.6. The fourth-order valence-electron chi connectivity index (χ4n) is 2.95. The Morgan fingerprint density at radius 2 is 1.04 bits per heavy atom. The zero-order chi connectivity index (χ0) is 18.4. The number of nitriles is 1. The van der Waals surface area contributed by atoms with Crippen LogP contribution in [0.15, 0.2) is 0 Å². The van der Waals surface area contributed by atoms with Gasteiger partial charge in [-0.1, -0.05) is 90.9 Å². The van der Waals surface area contributed by atoms with Gasteiger partial charge in [0.15, 0.2) is 6.29 Å². The fraction of sp³-hybridized carbons (Fsp3) is 0.955. The molecule has 3 heteroatoms.